The average Bonchev–Trinajstić information content (AvgIpc) is 2.82. The van der Waals surface area contributed by atoms with Crippen molar-refractivity contribution in [3.05, 3.63) is 57.3 Å². The predicted octanol–water partition coefficient (Wildman–Crippen LogP) is 4.37. The van der Waals surface area contributed by atoms with Crippen molar-refractivity contribution in [1.82, 2.24) is 0 Å². The fourth-order valence-electron chi connectivity index (χ4n) is 1.81. The number of halogens is 1. The third-order valence-corrected chi connectivity index (χ3v) is 3.98. The second-order valence-electron chi connectivity index (χ2n) is 4.21. The van der Waals surface area contributed by atoms with Crippen LogP contribution in [-0.4, -0.2) is 18.2 Å². The van der Waals surface area contributed by atoms with Crippen LogP contribution in [-0.2, 0) is 4.84 Å². The molecule has 0 N–H and O–H groups in total. The van der Waals surface area contributed by atoms with Gasteiger partial charge in [0.05, 0.1) is 10.8 Å². The molecule has 0 amide bonds. The number of thiophene rings is 1. The van der Waals surface area contributed by atoms with Gasteiger partial charge in [-0.25, -0.2) is 0 Å². The van der Waals surface area contributed by atoms with Gasteiger partial charge in [-0.15, -0.1) is 22.9 Å². The Hall–Kier alpha value is -1.32. The summed E-state index contributed by atoms with van der Waals surface area (Å²) in [7, 11) is 0. The predicted molar refractivity (Wildman–Crippen MR) is 82.5 cm³/mol. The SMILES string of the molecule is Cc1ccccc1/C(=N\OCCCl)c1sccc1C. The van der Waals surface area contributed by atoms with Gasteiger partial charge >= 0.3 is 0 Å². The first kappa shape index (κ1) is 14.1. The molecule has 1 aromatic carbocycles. The molecule has 0 unspecified atom stereocenters. The first-order valence-electron chi connectivity index (χ1n) is 6.10. The fraction of sp³-hybridized carbons (Fsp3) is 0.267. The molecule has 0 saturated carbocycles. The van der Waals surface area contributed by atoms with Crippen molar-refractivity contribution in [3.63, 3.8) is 0 Å². The molecule has 0 aliphatic carbocycles. The van der Waals surface area contributed by atoms with Gasteiger partial charge in [-0.3, -0.25) is 0 Å². The van der Waals surface area contributed by atoms with Crippen LogP contribution in [0.25, 0.3) is 0 Å². The second-order valence-corrected chi connectivity index (χ2v) is 5.50. The van der Waals surface area contributed by atoms with Gasteiger partial charge in [0, 0.05) is 5.56 Å². The van der Waals surface area contributed by atoms with E-state index in [2.05, 4.69) is 42.6 Å². The molecule has 19 heavy (non-hydrogen) atoms. The van der Waals surface area contributed by atoms with Crippen LogP contribution in [0.3, 0.4) is 0 Å². The molecule has 0 spiro atoms. The van der Waals surface area contributed by atoms with Gasteiger partial charge in [-0.1, -0.05) is 29.4 Å². The number of benzene rings is 1. The van der Waals surface area contributed by atoms with Crippen molar-refractivity contribution >= 4 is 28.6 Å². The van der Waals surface area contributed by atoms with Gasteiger partial charge in [0.1, 0.15) is 12.3 Å². The first-order chi connectivity index (χ1) is 9.24. The van der Waals surface area contributed by atoms with Crippen LogP contribution in [0.4, 0.5) is 0 Å². The molecule has 0 aliphatic rings. The number of aryl methyl sites for hydroxylation is 2. The van der Waals surface area contributed by atoms with E-state index in [4.69, 9.17) is 16.4 Å². The van der Waals surface area contributed by atoms with Gasteiger partial charge < -0.3 is 4.84 Å². The Morgan fingerprint density at radius 2 is 2.00 bits per heavy atom. The summed E-state index contributed by atoms with van der Waals surface area (Å²) in [4.78, 5) is 6.44. The summed E-state index contributed by atoms with van der Waals surface area (Å²) < 4.78 is 0. The van der Waals surface area contributed by atoms with E-state index in [1.807, 2.05) is 12.1 Å². The number of oxime groups is 1. The zero-order valence-electron chi connectivity index (χ0n) is 11.0. The van der Waals surface area contributed by atoms with Crippen LogP contribution < -0.4 is 0 Å². The van der Waals surface area contributed by atoms with Gasteiger partial charge in [0.15, 0.2) is 0 Å². The Kier molecular flexibility index (Phi) is 5.00. The van der Waals surface area contributed by atoms with E-state index in [0.29, 0.717) is 12.5 Å². The summed E-state index contributed by atoms with van der Waals surface area (Å²) in [5.74, 6) is 0.438. The Balaban J connectivity index is 2.44. The van der Waals surface area contributed by atoms with E-state index in [9.17, 15) is 0 Å². The number of alkyl halides is 1. The highest BCUT2D eigenvalue weighted by atomic mass is 35.5. The van der Waals surface area contributed by atoms with Crippen molar-refractivity contribution in [2.75, 3.05) is 12.5 Å². The maximum atomic E-state index is 5.63. The molecule has 2 aromatic rings. The minimum absolute atomic E-state index is 0.418. The van der Waals surface area contributed by atoms with E-state index >= 15 is 0 Å². The first-order valence-corrected chi connectivity index (χ1v) is 7.52. The van der Waals surface area contributed by atoms with Crippen molar-refractivity contribution in [1.29, 1.82) is 0 Å². The Labute approximate surface area is 122 Å². The van der Waals surface area contributed by atoms with Crippen LogP contribution in [0.2, 0.25) is 0 Å². The van der Waals surface area contributed by atoms with Crippen LogP contribution >= 0.6 is 22.9 Å². The summed E-state index contributed by atoms with van der Waals surface area (Å²) in [6.07, 6.45) is 0. The van der Waals surface area contributed by atoms with E-state index in [1.165, 1.54) is 11.1 Å². The molecule has 2 rings (SSSR count). The molecule has 4 heteroatoms. The van der Waals surface area contributed by atoms with Crippen LogP contribution in [0, 0.1) is 13.8 Å². The van der Waals surface area contributed by atoms with Crippen molar-refractivity contribution in [2.24, 2.45) is 5.16 Å². The maximum Gasteiger partial charge on any atom is 0.130 e. The molecule has 0 radical (unpaired) electrons. The lowest BCUT2D eigenvalue weighted by Gasteiger charge is -2.09. The smallest absolute Gasteiger partial charge is 0.130 e. The third kappa shape index (κ3) is 3.37. The highest BCUT2D eigenvalue weighted by Crippen LogP contribution is 2.22. The molecule has 0 atom stereocenters. The van der Waals surface area contributed by atoms with Crippen molar-refractivity contribution < 1.29 is 4.84 Å². The van der Waals surface area contributed by atoms with E-state index in [-0.39, 0.29) is 0 Å². The average molecular weight is 294 g/mol. The van der Waals surface area contributed by atoms with Crippen LogP contribution in [0.15, 0.2) is 40.9 Å². The number of hydrogen-bond acceptors (Lipinski definition) is 3. The van der Waals surface area contributed by atoms with E-state index in [0.717, 1.165) is 16.2 Å². The van der Waals surface area contributed by atoms with Crippen molar-refractivity contribution in [3.8, 4) is 0 Å². The lowest BCUT2D eigenvalue weighted by molar-refractivity contribution is 0.161. The van der Waals surface area contributed by atoms with E-state index in [1.54, 1.807) is 11.3 Å². The minimum atomic E-state index is 0.418. The van der Waals surface area contributed by atoms with Gasteiger partial charge in [-0.2, -0.15) is 0 Å². The highest BCUT2D eigenvalue weighted by Gasteiger charge is 2.14. The van der Waals surface area contributed by atoms with E-state index < -0.39 is 0 Å². The molecule has 0 bridgehead atoms. The molecule has 2 nitrogen and oxygen atoms in total. The lowest BCUT2D eigenvalue weighted by Crippen LogP contribution is -2.06. The molecule has 1 aromatic heterocycles. The maximum absolute atomic E-state index is 5.63. The number of rotatable bonds is 5. The Morgan fingerprint density at radius 1 is 1.21 bits per heavy atom. The standard InChI is InChI=1S/C15H16ClNOS/c1-11-5-3-4-6-13(11)14(17-18-9-8-16)15-12(2)7-10-19-15/h3-7,10H,8-9H2,1-2H3/b17-14+. The zero-order valence-corrected chi connectivity index (χ0v) is 12.6. The Bertz CT molecular complexity index is 577. The van der Waals surface area contributed by atoms with Gasteiger partial charge in [0.2, 0.25) is 0 Å². The summed E-state index contributed by atoms with van der Waals surface area (Å²) in [6, 6.07) is 10.3. The zero-order chi connectivity index (χ0) is 13.7. The number of nitrogens with zero attached hydrogens (tertiary/aromatic N) is 1. The topological polar surface area (TPSA) is 21.6 Å². The minimum Gasteiger partial charge on any atom is -0.394 e. The van der Waals surface area contributed by atoms with Crippen molar-refractivity contribution in [2.45, 2.75) is 13.8 Å². The summed E-state index contributed by atoms with van der Waals surface area (Å²) >= 11 is 7.30. The molecular weight excluding hydrogens is 278 g/mol. The fourth-order valence-corrected chi connectivity index (χ4v) is 2.80. The Morgan fingerprint density at radius 3 is 2.63 bits per heavy atom. The van der Waals surface area contributed by atoms with Crippen LogP contribution in [0.1, 0.15) is 21.6 Å². The summed E-state index contributed by atoms with van der Waals surface area (Å²) in [5.41, 5.74) is 4.38. The highest BCUT2D eigenvalue weighted by molar-refractivity contribution is 7.12. The molecule has 100 valence electrons. The quantitative estimate of drug-likeness (QED) is 0.347. The summed E-state index contributed by atoms with van der Waals surface area (Å²) in [5, 5.41) is 6.36. The molecule has 1 heterocycles. The molecule has 0 fully saturated rings. The largest absolute Gasteiger partial charge is 0.394 e. The molecular formula is C15H16ClNOS. The third-order valence-electron chi connectivity index (χ3n) is 2.80. The normalized spacial score (nSPS) is 11.6. The number of hydrogen-bond donors (Lipinski definition) is 0. The second kappa shape index (κ2) is 6.73. The summed E-state index contributed by atoms with van der Waals surface area (Å²) in [6.45, 7) is 4.58. The van der Waals surface area contributed by atoms with Gasteiger partial charge in [-0.05, 0) is 36.4 Å². The van der Waals surface area contributed by atoms with Gasteiger partial charge in [0.25, 0.3) is 0 Å². The molecule has 0 aliphatic heterocycles. The van der Waals surface area contributed by atoms with Crippen LogP contribution in [0.5, 0.6) is 0 Å². The lowest BCUT2D eigenvalue weighted by atomic mass is 10.0. The monoisotopic (exact) mass is 293 g/mol. The molecule has 0 saturated heterocycles.